The fourth-order valence-electron chi connectivity index (χ4n) is 1.50. The molecule has 0 aliphatic heterocycles. The molecule has 0 aromatic heterocycles. The molecule has 80 valence electrons. The molecule has 0 N–H and O–H groups in total. The molecular weight excluding hydrogens is 196 g/mol. The van der Waals surface area contributed by atoms with Gasteiger partial charge >= 0.3 is 0 Å². The minimum atomic E-state index is 0.890. The van der Waals surface area contributed by atoms with Crippen molar-refractivity contribution in [2.45, 2.75) is 13.8 Å². The van der Waals surface area contributed by atoms with Crippen LogP contribution in [0.25, 0.3) is 0 Å². The lowest BCUT2D eigenvalue weighted by Gasteiger charge is -1.96. The summed E-state index contributed by atoms with van der Waals surface area (Å²) in [4.78, 5) is 0. The van der Waals surface area contributed by atoms with E-state index in [9.17, 15) is 0 Å². The monoisotopic (exact) mass is 210 g/mol. The number of benzene rings is 2. The fraction of sp³-hybridized carbons (Fsp3) is 0.143. The second-order valence-corrected chi connectivity index (χ2v) is 3.88. The van der Waals surface area contributed by atoms with E-state index in [0.29, 0.717) is 0 Å². The maximum atomic E-state index is 4.20. The van der Waals surface area contributed by atoms with E-state index < -0.39 is 0 Å². The molecule has 2 heteroatoms. The molecule has 2 aromatic rings. The van der Waals surface area contributed by atoms with Gasteiger partial charge in [0.05, 0.1) is 11.4 Å². The maximum Gasteiger partial charge on any atom is 0.0859 e. The van der Waals surface area contributed by atoms with E-state index in [0.717, 1.165) is 11.4 Å². The zero-order valence-corrected chi connectivity index (χ0v) is 9.51. The molecule has 0 radical (unpaired) electrons. The van der Waals surface area contributed by atoms with Crippen LogP contribution in [-0.4, -0.2) is 0 Å². The van der Waals surface area contributed by atoms with Crippen molar-refractivity contribution in [3.63, 3.8) is 0 Å². The van der Waals surface area contributed by atoms with Crippen LogP contribution in [0.2, 0.25) is 0 Å². The van der Waals surface area contributed by atoms with Crippen molar-refractivity contribution < 1.29 is 0 Å². The third-order valence-electron chi connectivity index (χ3n) is 2.28. The van der Waals surface area contributed by atoms with E-state index in [1.54, 1.807) is 0 Å². The molecule has 0 bridgehead atoms. The Morgan fingerprint density at radius 2 is 1.12 bits per heavy atom. The van der Waals surface area contributed by atoms with Gasteiger partial charge in [0.15, 0.2) is 0 Å². The second kappa shape index (κ2) is 4.71. The van der Waals surface area contributed by atoms with Crippen molar-refractivity contribution in [1.29, 1.82) is 0 Å². The van der Waals surface area contributed by atoms with Crippen molar-refractivity contribution in [1.82, 2.24) is 0 Å². The Balaban J connectivity index is 2.21. The van der Waals surface area contributed by atoms with Crippen molar-refractivity contribution in [3.05, 3.63) is 59.7 Å². The van der Waals surface area contributed by atoms with Crippen LogP contribution in [0.15, 0.2) is 58.8 Å². The first-order valence-electron chi connectivity index (χ1n) is 5.29. The van der Waals surface area contributed by atoms with Crippen LogP contribution in [0, 0.1) is 13.8 Å². The summed E-state index contributed by atoms with van der Waals surface area (Å²) in [5.74, 6) is 0. The van der Waals surface area contributed by atoms with Crippen molar-refractivity contribution in [2.75, 3.05) is 0 Å². The number of azo groups is 1. The first-order valence-corrected chi connectivity index (χ1v) is 5.29. The lowest BCUT2D eigenvalue weighted by atomic mass is 10.2. The molecule has 0 fully saturated rings. The van der Waals surface area contributed by atoms with E-state index in [1.165, 1.54) is 11.1 Å². The van der Waals surface area contributed by atoms with Crippen LogP contribution in [0.3, 0.4) is 0 Å². The Morgan fingerprint density at radius 3 is 1.50 bits per heavy atom. The van der Waals surface area contributed by atoms with Crippen LogP contribution in [0.5, 0.6) is 0 Å². The molecule has 16 heavy (non-hydrogen) atoms. The largest absolute Gasteiger partial charge is 0.151 e. The Kier molecular flexibility index (Phi) is 3.10. The summed E-state index contributed by atoms with van der Waals surface area (Å²) in [5.41, 5.74) is 4.17. The number of hydrogen-bond acceptors (Lipinski definition) is 2. The second-order valence-electron chi connectivity index (χ2n) is 3.88. The smallest absolute Gasteiger partial charge is 0.0859 e. The van der Waals surface area contributed by atoms with Crippen molar-refractivity contribution in [3.8, 4) is 0 Å². The van der Waals surface area contributed by atoms with Crippen LogP contribution in [0.1, 0.15) is 11.1 Å². The minimum Gasteiger partial charge on any atom is -0.151 e. The molecule has 0 saturated carbocycles. The van der Waals surface area contributed by atoms with Gasteiger partial charge in [0.25, 0.3) is 0 Å². The third-order valence-corrected chi connectivity index (χ3v) is 2.28. The highest BCUT2D eigenvalue weighted by molar-refractivity contribution is 5.42. The van der Waals surface area contributed by atoms with Crippen molar-refractivity contribution >= 4 is 11.4 Å². The van der Waals surface area contributed by atoms with Gasteiger partial charge in [-0.05, 0) is 49.2 Å². The van der Waals surface area contributed by atoms with Gasteiger partial charge in [0.2, 0.25) is 0 Å². The molecule has 0 spiro atoms. The molecule has 0 aliphatic carbocycles. The van der Waals surface area contributed by atoms with E-state index in [-0.39, 0.29) is 0 Å². The first kappa shape index (κ1) is 10.6. The first-order chi connectivity index (χ1) is 7.74. The zero-order valence-electron chi connectivity index (χ0n) is 9.51. The molecule has 0 heterocycles. The molecule has 2 nitrogen and oxygen atoms in total. The Morgan fingerprint density at radius 1 is 0.688 bits per heavy atom. The van der Waals surface area contributed by atoms with Gasteiger partial charge < -0.3 is 0 Å². The van der Waals surface area contributed by atoms with E-state index in [2.05, 4.69) is 10.2 Å². The van der Waals surface area contributed by atoms with E-state index >= 15 is 0 Å². The summed E-state index contributed by atoms with van der Waals surface area (Å²) in [6.45, 7) is 4.09. The number of nitrogens with zero attached hydrogens (tertiary/aromatic N) is 2. The van der Waals surface area contributed by atoms with E-state index in [4.69, 9.17) is 0 Å². The summed E-state index contributed by atoms with van der Waals surface area (Å²) >= 11 is 0. The minimum absolute atomic E-state index is 0.890. The average Bonchev–Trinajstić information content (AvgIpc) is 2.27. The van der Waals surface area contributed by atoms with Gasteiger partial charge in [-0.2, -0.15) is 10.2 Å². The van der Waals surface area contributed by atoms with Crippen LogP contribution < -0.4 is 0 Å². The Hall–Kier alpha value is -1.96. The predicted octanol–water partition coefficient (Wildman–Crippen LogP) is 4.72. The van der Waals surface area contributed by atoms with E-state index in [1.807, 2.05) is 62.4 Å². The van der Waals surface area contributed by atoms with Gasteiger partial charge in [-0.1, -0.05) is 24.3 Å². The normalized spacial score (nSPS) is 10.9. The molecule has 0 unspecified atom stereocenters. The molecule has 0 aliphatic rings. The third kappa shape index (κ3) is 2.76. The molecule has 0 saturated heterocycles. The quantitative estimate of drug-likeness (QED) is 0.641. The summed E-state index contributed by atoms with van der Waals surface area (Å²) in [6, 6.07) is 16.0. The van der Waals surface area contributed by atoms with Gasteiger partial charge in [-0.25, -0.2) is 0 Å². The summed E-state index contributed by atoms with van der Waals surface area (Å²) < 4.78 is 0. The number of aryl methyl sites for hydroxylation is 2. The van der Waals surface area contributed by atoms with Gasteiger partial charge in [-0.3, -0.25) is 0 Å². The summed E-state index contributed by atoms with van der Waals surface area (Å²) in [7, 11) is 0. The fourth-order valence-corrected chi connectivity index (χ4v) is 1.50. The highest BCUT2D eigenvalue weighted by Gasteiger charge is 1.91. The molecule has 2 rings (SSSR count). The predicted molar refractivity (Wildman–Crippen MR) is 66.5 cm³/mol. The lowest BCUT2D eigenvalue weighted by molar-refractivity contribution is 1.22. The van der Waals surface area contributed by atoms with Crippen LogP contribution >= 0.6 is 0 Å². The lowest BCUT2D eigenvalue weighted by Crippen LogP contribution is -1.70. The Labute approximate surface area is 95.7 Å². The van der Waals surface area contributed by atoms with Gasteiger partial charge in [0, 0.05) is 0 Å². The molecule has 2 aromatic carbocycles. The maximum absolute atomic E-state index is 4.20. The van der Waals surface area contributed by atoms with Gasteiger partial charge in [0.1, 0.15) is 0 Å². The van der Waals surface area contributed by atoms with Crippen LogP contribution in [-0.2, 0) is 0 Å². The van der Waals surface area contributed by atoms with Crippen molar-refractivity contribution in [2.24, 2.45) is 10.2 Å². The number of hydrogen-bond donors (Lipinski definition) is 0. The van der Waals surface area contributed by atoms with Gasteiger partial charge in [-0.15, -0.1) is 0 Å². The standard InChI is InChI=1S/C14H14N2/c1-11-5-3-7-13(9-11)15-16-14-8-4-6-12(2)10-14/h3-10H,1-2H3. The van der Waals surface area contributed by atoms with Crippen LogP contribution in [0.4, 0.5) is 11.4 Å². The highest BCUT2D eigenvalue weighted by Crippen LogP contribution is 2.19. The molecule has 0 atom stereocenters. The zero-order chi connectivity index (χ0) is 11.4. The summed E-state index contributed by atoms with van der Waals surface area (Å²) in [6.07, 6.45) is 0. The average molecular weight is 210 g/mol. The molecular formula is C14H14N2. The number of rotatable bonds is 2. The Bertz CT molecular complexity index is 468. The SMILES string of the molecule is Cc1cccc(N=Nc2cccc(C)c2)c1. The topological polar surface area (TPSA) is 24.7 Å². The summed E-state index contributed by atoms with van der Waals surface area (Å²) in [5, 5.41) is 8.41. The molecule has 0 amide bonds. The highest BCUT2D eigenvalue weighted by atomic mass is 15.1.